The van der Waals surface area contributed by atoms with Crippen molar-refractivity contribution in [2.45, 2.75) is 51.9 Å². The second-order valence-electron chi connectivity index (χ2n) is 6.34. The molecular formula is C19H25F3O. The van der Waals surface area contributed by atoms with E-state index in [-0.39, 0.29) is 11.6 Å². The molecule has 2 rings (SSSR count). The summed E-state index contributed by atoms with van der Waals surface area (Å²) in [4.78, 5) is 0. The van der Waals surface area contributed by atoms with Crippen LogP contribution >= 0.6 is 0 Å². The van der Waals surface area contributed by atoms with Gasteiger partial charge < -0.3 is 4.74 Å². The van der Waals surface area contributed by atoms with E-state index >= 15 is 0 Å². The van der Waals surface area contributed by atoms with E-state index in [2.05, 4.69) is 0 Å². The molecule has 1 aromatic carbocycles. The summed E-state index contributed by atoms with van der Waals surface area (Å²) in [5, 5.41) is 0. The van der Waals surface area contributed by atoms with Crippen molar-refractivity contribution in [2.75, 3.05) is 7.11 Å². The molecule has 0 aliphatic heterocycles. The van der Waals surface area contributed by atoms with E-state index in [0.717, 1.165) is 32.1 Å². The Morgan fingerprint density at radius 3 is 2.48 bits per heavy atom. The maximum atomic E-state index is 13.9. The lowest BCUT2D eigenvalue weighted by Crippen LogP contribution is -2.14. The van der Waals surface area contributed by atoms with Gasteiger partial charge in [0.15, 0.2) is 11.6 Å². The first-order valence-electron chi connectivity index (χ1n) is 8.42. The van der Waals surface area contributed by atoms with Crippen molar-refractivity contribution >= 4 is 0 Å². The topological polar surface area (TPSA) is 9.23 Å². The molecule has 4 heteroatoms. The van der Waals surface area contributed by atoms with Crippen LogP contribution in [0, 0.1) is 23.5 Å². The highest BCUT2D eigenvalue weighted by molar-refractivity contribution is 5.31. The first-order valence-corrected chi connectivity index (χ1v) is 8.42. The summed E-state index contributed by atoms with van der Waals surface area (Å²) in [6.45, 7) is 1.82. The van der Waals surface area contributed by atoms with Gasteiger partial charge in [-0.25, -0.2) is 8.78 Å². The minimum Gasteiger partial charge on any atom is -0.494 e. The van der Waals surface area contributed by atoms with Crippen LogP contribution in [0.3, 0.4) is 0 Å². The third-order valence-electron chi connectivity index (χ3n) is 4.81. The summed E-state index contributed by atoms with van der Waals surface area (Å²) in [7, 11) is 1.33. The molecule has 23 heavy (non-hydrogen) atoms. The van der Waals surface area contributed by atoms with Crippen molar-refractivity contribution in [1.29, 1.82) is 0 Å². The molecule has 1 fully saturated rings. The van der Waals surface area contributed by atoms with Gasteiger partial charge in [-0.1, -0.05) is 13.0 Å². The van der Waals surface area contributed by atoms with Crippen LogP contribution in [0.4, 0.5) is 13.2 Å². The average molecular weight is 326 g/mol. The second-order valence-corrected chi connectivity index (χ2v) is 6.34. The van der Waals surface area contributed by atoms with Crippen LogP contribution in [0.1, 0.15) is 51.0 Å². The minimum atomic E-state index is -0.908. The van der Waals surface area contributed by atoms with Crippen molar-refractivity contribution in [1.82, 2.24) is 0 Å². The van der Waals surface area contributed by atoms with Crippen molar-refractivity contribution in [3.05, 3.63) is 41.2 Å². The first kappa shape index (κ1) is 17.9. The highest BCUT2D eigenvalue weighted by atomic mass is 19.2. The monoisotopic (exact) mass is 326 g/mol. The predicted molar refractivity (Wildman–Crippen MR) is 86.2 cm³/mol. The van der Waals surface area contributed by atoms with E-state index in [0.29, 0.717) is 30.2 Å². The van der Waals surface area contributed by atoms with Crippen LogP contribution in [-0.4, -0.2) is 7.11 Å². The lowest BCUT2D eigenvalue weighted by molar-refractivity contribution is 0.292. The molecule has 0 aromatic heterocycles. The molecule has 0 radical (unpaired) electrons. The maximum absolute atomic E-state index is 13.9. The van der Waals surface area contributed by atoms with Crippen molar-refractivity contribution < 1.29 is 17.9 Å². The van der Waals surface area contributed by atoms with Crippen LogP contribution in [0.25, 0.3) is 0 Å². The lowest BCUT2D eigenvalue weighted by atomic mass is 9.79. The van der Waals surface area contributed by atoms with Crippen LogP contribution in [0.5, 0.6) is 5.75 Å². The Kier molecular flexibility index (Phi) is 6.55. The highest BCUT2D eigenvalue weighted by Gasteiger charge is 2.21. The summed E-state index contributed by atoms with van der Waals surface area (Å²) >= 11 is 0. The van der Waals surface area contributed by atoms with Gasteiger partial charge in [-0.05, 0) is 74.5 Å². The quantitative estimate of drug-likeness (QED) is 0.625. The van der Waals surface area contributed by atoms with Gasteiger partial charge in [0.05, 0.1) is 12.9 Å². The van der Waals surface area contributed by atoms with E-state index < -0.39 is 11.6 Å². The molecule has 1 aromatic rings. The molecule has 128 valence electrons. The summed E-state index contributed by atoms with van der Waals surface area (Å²) in [5.74, 6) is -0.948. The van der Waals surface area contributed by atoms with Gasteiger partial charge in [0, 0.05) is 0 Å². The fourth-order valence-corrected chi connectivity index (χ4v) is 3.30. The molecule has 0 bridgehead atoms. The Balaban J connectivity index is 1.85. The van der Waals surface area contributed by atoms with E-state index in [1.54, 1.807) is 12.1 Å². The van der Waals surface area contributed by atoms with E-state index in [1.165, 1.54) is 13.2 Å². The third-order valence-corrected chi connectivity index (χ3v) is 4.81. The number of allylic oxidation sites excluding steroid dienone is 2. The summed E-state index contributed by atoms with van der Waals surface area (Å²) in [6, 6.07) is 3.07. The molecular weight excluding hydrogens is 301 g/mol. The zero-order valence-corrected chi connectivity index (χ0v) is 13.9. The van der Waals surface area contributed by atoms with Gasteiger partial charge >= 0.3 is 0 Å². The SMILES string of the molecule is CCC(F)=CC1CCC(CCc2ccc(OC)c(F)c2F)CC1. The number of hydrogen-bond acceptors (Lipinski definition) is 1. The lowest BCUT2D eigenvalue weighted by Gasteiger charge is -2.27. The Morgan fingerprint density at radius 2 is 1.87 bits per heavy atom. The van der Waals surface area contributed by atoms with Gasteiger partial charge in [0.2, 0.25) is 5.82 Å². The summed E-state index contributed by atoms with van der Waals surface area (Å²) in [6.07, 6.45) is 7.61. The van der Waals surface area contributed by atoms with Gasteiger partial charge in [-0.15, -0.1) is 0 Å². The Labute approximate surface area is 136 Å². The van der Waals surface area contributed by atoms with Gasteiger partial charge in [0.1, 0.15) is 0 Å². The maximum Gasteiger partial charge on any atom is 0.200 e. The number of methoxy groups -OCH3 is 1. The highest BCUT2D eigenvalue weighted by Crippen LogP contribution is 2.34. The smallest absolute Gasteiger partial charge is 0.200 e. The molecule has 1 saturated carbocycles. The molecule has 0 heterocycles. The number of halogens is 3. The van der Waals surface area contributed by atoms with E-state index in [9.17, 15) is 13.2 Å². The molecule has 0 N–H and O–H groups in total. The van der Waals surface area contributed by atoms with E-state index in [4.69, 9.17) is 4.74 Å². The largest absolute Gasteiger partial charge is 0.494 e. The molecule has 0 unspecified atom stereocenters. The van der Waals surface area contributed by atoms with Gasteiger partial charge in [-0.3, -0.25) is 0 Å². The molecule has 1 aliphatic rings. The molecule has 0 amide bonds. The van der Waals surface area contributed by atoms with Crippen LogP contribution in [0.2, 0.25) is 0 Å². The van der Waals surface area contributed by atoms with Crippen LogP contribution < -0.4 is 4.74 Å². The fourth-order valence-electron chi connectivity index (χ4n) is 3.30. The number of hydrogen-bond donors (Lipinski definition) is 0. The molecule has 0 saturated heterocycles. The zero-order valence-electron chi connectivity index (χ0n) is 13.9. The third kappa shape index (κ3) is 4.76. The molecule has 0 atom stereocenters. The normalized spacial score (nSPS) is 22.2. The summed E-state index contributed by atoms with van der Waals surface area (Å²) in [5.41, 5.74) is 0.405. The number of aryl methyl sites for hydroxylation is 1. The Hall–Kier alpha value is -1.45. The summed E-state index contributed by atoms with van der Waals surface area (Å²) < 4.78 is 45.7. The Bertz CT molecular complexity index is 546. The van der Waals surface area contributed by atoms with Gasteiger partial charge in [-0.2, -0.15) is 4.39 Å². The molecule has 1 nitrogen and oxygen atoms in total. The fraction of sp³-hybridized carbons (Fsp3) is 0.579. The minimum absolute atomic E-state index is 0.0239. The number of benzene rings is 1. The number of rotatable bonds is 6. The van der Waals surface area contributed by atoms with Crippen molar-refractivity contribution in [3.8, 4) is 5.75 Å². The van der Waals surface area contributed by atoms with Crippen molar-refractivity contribution in [3.63, 3.8) is 0 Å². The van der Waals surface area contributed by atoms with E-state index in [1.807, 2.05) is 6.92 Å². The zero-order chi connectivity index (χ0) is 16.8. The second kappa shape index (κ2) is 8.42. The molecule has 0 spiro atoms. The molecule has 1 aliphatic carbocycles. The number of ether oxygens (including phenoxy) is 1. The standard InChI is InChI=1S/C19H25F3O/c1-3-16(20)12-14-6-4-13(5-7-14)8-9-15-10-11-17(23-2)19(22)18(15)21/h10-14H,3-9H2,1-2H3. The predicted octanol–water partition coefficient (Wildman–Crippen LogP) is 5.98. The van der Waals surface area contributed by atoms with Crippen LogP contribution in [0.15, 0.2) is 24.0 Å². The average Bonchev–Trinajstić information content (AvgIpc) is 2.57. The van der Waals surface area contributed by atoms with Crippen molar-refractivity contribution in [2.24, 2.45) is 11.8 Å². The first-order chi connectivity index (χ1) is 11.0. The van der Waals surface area contributed by atoms with Gasteiger partial charge in [0.25, 0.3) is 0 Å². The van der Waals surface area contributed by atoms with Crippen LogP contribution in [-0.2, 0) is 6.42 Å². The Morgan fingerprint density at radius 1 is 1.17 bits per heavy atom.